The Hall–Kier alpha value is -0.610. The number of amides is 1. The maximum atomic E-state index is 10.7. The van der Waals surface area contributed by atoms with E-state index in [2.05, 4.69) is 0 Å². The van der Waals surface area contributed by atoms with Crippen LogP contribution in [0.1, 0.15) is 20.8 Å². The van der Waals surface area contributed by atoms with Crippen molar-refractivity contribution in [1.82, 2.24) is 4.90 Å². The van der Waals surface area contributed by atoms with Crippen LogP contribution < -0.4 is 0 Å². The standard InChI is InChI=1S/C9H17NO3/c1-7(12)8-4-13-9(2,3)5-10(8)6-11/h6-8,12H,4-5H2,1-3H3. The number of nitrogens with zero attached hydrogens (tertiary/aromatic N) is 1. The van der Waals surface area contributed by atoms with Gasteiger partial charge in [-0.1, -0.05) is 0 Å². The number of aliphatic hydroxyl groups excluding tert-OH is 1. The Morgan fingerprint density at radius 3 is 2.77 bits per heavy atom. The molecule has 1 fully saturated rings. The Kier molecular flexibility index (Phi) is 2.93. The van der Waals surface area contributed by atoms with Crippen molar-refractivity contribution < 1.29 is 14.6 Å². The lowest BCUT2D eigenvalue weighted by atomic mass is 10.0. The van der Waals surface area contributed by atoms with Crippen molar-refractivity contribution in [2.24, 2.45) is 0 Å². The van der Waals surface area contributed by atoms with Gasteiger partial charge in [0.25, 0.3) is 0 Å². The topological polar surface area (TPSA) is 49.8 Å². The molecule has 1 amide bonds. The quantitative estimate of drug-likeness (QED) is 0.619. The van der Waals surface area contributed by atoms with E-state index in [-0.39, 0.29) is 11.6 Å². The first-order chi connectivity index (χ1) is 5.96. The SMILES string of the molecule is CC(O)C1COC(C)(C)CN1C=O. The van der Waals surface area contributed by atoms with Gasteiger partial charge in [0.1, 0.15) is 0 Å². The predicted octanol–water partition coefficient (Wildman–Crippen LogP) is 0.00300. The molecule has 2 unspecified atom stereocenters. The fraction of sp³-hybridized carbons (Fsp3) is 0.889. The number of carbonyl (C=O) groups is 1. The van der Waals surface area contributed by atoms with Crippen molar-refractivity contribution in [2.45, 2.75) is 38.5 Å². The molecule has 1 N–H and O–H groups in total. The summed E-state index contributed by atoms with van der Waals surface area (Å²) in [6.07, 6.45) is 0.239. The van der Waals surface area contributed by atoms with Crippen LogP contribution in [0.4, 0.5) is 0 Å². The van der Waals surface area contributed by atoms with Crippen molar-refractivity contribution in [3.8, 4) is 0 Å². The van der Waals surface area contributed by atoms with Gasteiger partial charge in [-0.05, 0) is 20.8 Å². The molecule has 0 bridgehead atoms. The van der Waals surface area contributed by atoms with Crippen LogP contribution in [-0.2, 0) is 9.53 Å². The first-order valence-electron chi connectivity index (χ1n) is 4.49. The molecule has 1 aliphatic heterocycles. The molecule has 0 radical (unpaired) electrons. The summed E-state index contributed by atoms with van der Waals surface area (Å²) in [5.41, 5.74) is -0.299. The number of aliphatic hydroxyl groups is 1. The first-order valence-corrected chi connectivity index (χ1v) is 4.49. The molecule has 1 aliphatic rings. The number of morpholine rings is 1. The molecule has 76 valence electrons. The van der Waals surface area contributed by atoms with Gasteiger partial charge in [0.05, 0.1) is 24.4 Å². The second kappa shape index (κ2) is 3.64. The van der Waals surface area contributed by atoms with Crippen LogP contribution in [0, 0.1) is 0 Å². The molecule has 4 nitrogen and oxygen atoms in total. The van der Waals surface area contributed by atoms with E-state index in [1.165, 1.54) is 0 Å². The van der Waals surface area contributed by atoms with Crippen LogP contribution in [0.2, 0.25) is 0 Å². The van der Waals surface area contributed by atoms with Crippen LogP contribution in [0.5, 0.6) is 0 Å². The Balaban J connectivity index is 2.66. The van der Waals surface area contributed by atoms with E-state index in [0.29, 0.717) is 13.2 Å². The second-order valence-corrected chi connectivity index (χ2v) is 4.16. The third kappa shape index (κ3) is 2.42. The van der Waals surface area contributed by atoms with Gasteiger partial charge in [-0.25, -0.2) is 0 Å². The van der Waals surface area contributed by atoms with E-state index in [0.717, 1.165) is 6.41 Å². The Morgan fingerprint density at radius 1 is 1.69 bits per heavy atom. The van der Waals surface area contributed by atoms with E-state index in [4.69, 9.17) is 4.74 Å². The zero-order valence-corrected chi connectivity index (χ0v) is 8.36. The van der Waals surface area contributed by atoms with Crippen molar-refractivity contribution in [3.63, 3.8) is 0 Å². The highest BCUT2D eigenvalue weighted by atomic mass is 16.5. The third-order valence-electron chi connectivity index (χ3n) is 2.33. The fourth-order valence-electron chi connectivity index (χ4n) is 1.54. The van der Waals surface area contributed by atoms with Crippen LogP contribution in [0.15, 0.2) is 0 Å². The number of hydrogen-bond donors (Lipinski definition) is 1. The van der Waals surface area contributed by atoms with Crippen LogP contribution in [0.25, 0.3) is 0 Å². The van der Waals surface area contributed by atoms with E-state index in [1.807, 2.05) is 13.8 Å². The third-order valence-corrected chi connectivity index (χ3v) is 2.33. The summed E-state index contributed by atoms with van der Waals surface area (Å²) in [5, 5.41) is 9.37. The van der Waals surface area contributed by atoms with Gasteiger partial charge in [0.15, 0.2) is 0 Å². The summed E-state index contributed by atoms with van der Waals surface area (Å²) in [7, 11) is 0. The molecular formula is C9H17NO3. The van der Waals surface area contributed by atoms with Gasteiger partial charge in [0.2, 0.25) is 6.41 Å². The van der Waals surface area contributed by atoms with Crippen molar-refractivity contribution in [2.75, 3.05) is 13.2 Å². The summed E-state index contributed by atoms with van der Waals surface area (Å²) >= 11 is 0. The summed E-state index contributed by atoms with van der Waals surface area (Å²) in [6, 6.07) is -0.203. The van der Waals surface area contributed by atoms with Crippen molar-refractivity contribution >= 4 is 6.41 Å². The first kappa shape index (κ1) is 10.5. The van der Waals surface area contributed by atoms with Gasteiger partial charge in [-0.3, -0.25) is 4.79 Å². The molecule has 4 heteroatoms. The molecule has 0 aromatic rings. The molecule has 1 saturated heterocycles. The largest absolute Gasteiger partial charge is 0.391 e. The summed E-state index contributed by atoms with van der Waals surface area (Å²) in [4.78, 5) is 12.3. The van der Waals surface area contributed by atoms with Gasteiger partial charge < -0.3 is 14.7 Å². The lowest BCUT2D eigenvalue weighted by Crippen LogP contribution is -2.56. The fourth-order valence-corrected chi connectivity index (χ4v) is 1.54. The predicted molar refractivity (Wildman–Crippen MR) is 48.3 cm³/mol. The summed E-state index contributed by atoms with van der Waals surface area (Å²) in [5.74, 6) is 0. The number of ether oxygens (including phenoxy) is 1. The van der Waals surface area contributed by atoms with E-state index >= 15 is 0 Å². The van der Waals surface area contributed by atoms with Crippen LogP contribution in [0.3, 0.4) is 0 Å². The second-order valence-electron chi connectivity index (χ2n) is 4.16. The highest BCUT2D eigenvalue weighted by Crippen LogP contribution is 2.20. The number of carbonyl (C=O) groups excluding carboxylic acids is 1. The average Bonchev–Trinajstić information content (AvgIpc) is 2.01. The Bertz CT molecular complexity index is 191. The monoisotopic (exact) mass is 187 g/mol. The molecule has 1 heterocycles. The zero-order chi connectivity index (χ0) is 10.1. The molecule has 0 aliphatic carbocycles. The smallest absolute Gasteiger partial charge is 0.210 e. The van der Waals surface area contributed by atoms with Gasteiger partial charge in [0, 0.05) is 6.54 Å². The van der Waals surface area contributed by atoms with Gasteiger partial charge in [-0.2, -0.15) is 0 Å². The lowest BCUT2D eigenvalue weighted by molar-refractivity contribution is -0.153. The minimum Gasteiger partial charge on any atom is -0.391 e. The van der Waals surface area contributed by atoms with Gasteiger partial charge in [-0.15, -0.1) is 0 Å². The maximum absolute atomic E-state index is 10.7. The number of rotatable bonds is 2. The normalized spacial score (nSPS) is 29.8. The summed E-state index contributed by atoms with van der Waals surface area (Å²) in [6.45, 7) is 6.47. The highest BCUT2D eigenvalue weighted by molar-refractivity contribution is 5.48. The van der Waals surface area contributed by atoms with Gasteiger partial charge >= 0.3 is 0 Å². The van der Waals surface area contributed by atoms with Crippen molar-refractivity contribution in [3.05, 3.63) is 0 Å². The van der Waals surface area contributed by atoms with E-state index < -0.39 is 6.10 Å². The van der Waals surface area contributed by atoms with Crippen molar-refractivity contribution in [1.29, 1.82) is 0 Å². The van der Waals surface area contributed by atoms with E-state index in [1.54, 1.807) is 11.8 Å². The van der Waals surface area contributed by atoms with Crippen LogP contribution in [-0.4, -0.2) is 47.3 Å². The maximum Gasteiger partial charge on any atom is 0.210 e. The molecule has 1 rings (SSSR count). The zero-order valence-electron chi connectivity index (χ0n) is 8.36. The molecule has 2 atom stereocenters. The molecule has 13 heavy (non-hydrogen) atoms. The molecule has 0 saturated carbocycles. The minimum absolute atomic E-state index is 0.203. The molecular weight excluding hydrogens is 170 g/mol. The average molecular weight is 187 g/mol. The van der Waals surface area contributed by atoms with E-state index in [9.17, 15) is 9.90 Å². The molecule has 0 aromatic carbocycles. The summed E-state index contributed by atoms with van der Waals surface area (Å²) < 4.78 is 5.51. The van der Waals surface area contributed by atoms with Crippen LogP contribution >= 0.6 is 0 Å². The Labute approximate surface area is 78.5 Å². The highest BCUT2D eigenvalue weighted by Gasteiger charge is 2.35. The molecule has 0 aromatic heterocycles. The Morgan fingerprint density at radius 2 is 2.31 bits per heavy atom. The molecule has 0 spiro atoms. The lowest BCUT2D eigenvalue weighted by Gasteiger charge is -2.42. The number of hydrogen-bond acceptors (Lipinski definition) is 3. The minimum atomic E-state index is -0.540.